The third-order valence-corrected chi connectivity index (χ3v) is 5.46. The van der Waals surface area contributed by atoms with Crippen molar-refractivity contribution in [3.05, 3.63) is 30.3 Å². The monoisotopic (exact) mass is 420 g/mol. The van der Waals surface area contributed by atoms with E-state index in [9.17, 15) is 14.7 Å². The topological polar surface area (TPSA) is 79.3 Å². The molecule has 7 heteroatoms. The third kappa shape index (κ3) is 5.95. The van der Waals surface area contributed by atoms with Gasteiger partial charge in [-0.3, -0.25) is 4.79 Å². The largest absolute Gasteiger partial charge is 0.467 e. The van der Waals surface area contributed by atoms with Gasteiger partial charge >= 0.3 is 11.9 Å². The van der Waals surface area contributed by atoms with E-state index in [1.165, 1.54) is 7.11 Å². The summed E-state index contributed by atoms with van der Waals surface area (Å²) in [5.41, 5.74) is -0.654. The number of para-hydroxylation sites is 1. The first kappa shape index (κ1) is 24.2. The van der Waals surface area contributed by atoms with Gasteiger partial charge in [0, 0.05) is 25.3 Å². The number of esters is 2. The molecule has 0 aliphatic carbocycles. The molecule has 1 aromatic carbocycles. The molecular formula is C23H36N2O5. The molecule has 0 amide bonds. The van der Waals surface area contributed by atoms with E-state index in [1.807, 2.05) is 62.9 Å². The molecule has 1 fully saturated rings. The van der Waals surface area contributed by atoms with Crippen LogP contribution < -0.4 is 4.90 Å². The van der Waals surface area contributed by atoms with Gasteiger partial charge in [-0.15, -0.1) is 0 Å². The number of benzene rings is 1. The van der Waals surface area contributed by atoms with Gasteiger partial charge in [0.25, 0.3) is 0 Å². The lowest BCUT2D eigenvalue weighted by molar-refractivity contribution is -0.156. The molecule has 1 aromatic rings. The number of rotatable bonds is 8. The highest BCUT2D eigenvalue weighted by Crippen LogP contribution is 2.36. The average molecular weight is 421 g/mol. The Labute approximate surface area is 179 Å². The summed E-state index contributed by atoms with van der Waals surface area (Å²) in [5.74, 6) is -0.565. The van der Waals surface area contributed by atoms with Crippen molar-refractivity contribution in [2.45, 2.75) is 70.7 Å². The number of piperidine rings is 1. The van der Waals surface area contributed by atoms with Crippen LogP contribution in [-0.2, 0) is 19.1 Å². The summed E-state index contributed by atoms with van der Waals surface area (Å²) in [6.45, 7) is 9.28. The number of aliphatic hydroxyl groups is 1. The Morgan fingerprint density at radius 1 is 1.20 bits per heavy atom. The fourth-order valence-corrected chi connectivity index (χ4v) is 4.00. The first-order chi connectivity index (χ1) is 14.1. The summed E-state index contributed by atoms with van der Waals surface area (Å²) in [4.78, 5) is 29.0. The van der Waals surface area contributed by atoms with Crippen molar-refractivity contribution in [2.24, 2.45) is 0 Å². The zero-order valence-corrected chi connectivity index (χ0v) is 18.9. The Balaban J connectivity index is 2.15. The maximum absolute atomic E-state index is 13.0. The van der Waals surface area contributed by atoms with Gasteiger partial charge in [-0.05, 0) is 52.2 Å². The normalized spacial score (nSPS) is 17.8. The molecule has 168 valence electrons. The first-order valence-electron chi connectivity index (χ1n) is 10.7. The predicted molar refractivity (Wildman–Crippen MR) is 116 cm³/mol. The molecule has 0 bridgehead atoms. The number of hydrogen-bond acceptors (Lipinski definition) is 7. The van der Waals surface area contributed by atoms with E-state index >= 15 is 0 Å². The van der Waals surface area contributed by atoms with Crippen molar-refractivity contribution in [3.63, 3.8) is 0 Å². The van der Waals surface area contributed by atoms with Crippen molar-refractivity contribution >= 4 is 17.6 Å². The molecular weight excluding hydrogens is 384 g/mol. The Morgan fingerprint density at radius 2 is 1.80 bits per heavy atom. The summed E-state index contributed by atoms with van der Waals surface area (Å²) in [5, 5.41) is 10.8. The fraction of sp³-hybridized carbons (Fsp3) is 0.652. The number of methoxy groups -OCH3 is 1. The van der Waals surface area contributed by atoms with Crippen LogP contribution in [0.15, 0.2) is 30.3 Å². The molecule has 1 saturated heterocycles. The maximum Gasteiger partial charge on any atom is 0.331 e. The SMILES string of the molecule is CCC(O)N(c1ccccc1)C1(C(=O)OC)CCN(CCC(=O)OC(C)(C)C)CC1. The van der Waals surface area contributed by atoms with Crippen LogP contribution in [0.3, 0.4) is 0 Å². The van der Waals surface area contributed by atoms with E-state index in [0.29, 0.717) is 45.3 Å². The van der Waals surface area contributed by atoms with E-state index in [4.69, 9.17) is 9.47 Å². The van der Waals surface area contributed by atoms with Crippen molar-refractivity contribution in [1.29, 1.82) is 0 Å². The van der Waals surface area contributed by atoms with Crippen LogP contribution in [0.1, 0.15) is 53.4 Å². The van der Waals surface area contributed by atoms with Gasteiger partial charge in [0.05, 0.1) is 13.5 Å². The van der Waals surface area contributed by atoms with E-state index in [-0.39, 0.29) is 11.9 Å². The Morgan fingerprint density at radius 3 is 2.30 bits per heavy atom. The van der Waals surface area contributed by atoms with Gasteiger partial charge in [0.2, 0.25) is 0 Å². The van der Waals surface area contributed by atoms with Crippen molar-refractivity contribution < 1.29 is 24.2 Å². The molecule has 1 heterocycles. The van der Waals surface area contributed by atoms with Gasteiger partial charge in [-0.1, -0.05) is 25.1 Å². The lowest BCUT2D eigenvalue weighted by Gasteiger charge is -2.49. The Kier molecular flexibility index (Phi) is 8.26. The van der Waals surface area contributed by atoms with E-state index in [2.05, 4.69) is 4.90 Å². The minimum Gasteiger partial charge on any atom is -0.467 e. The maximum atomic E-state index is 13.0. The summed E-state index contributed by atoms with van der Waals surface area (Å²) in [7, 11) is 1.39. The number of carbonyl (C=O) groups excluding carboxylic acids is 2. The van der Waals surface area contributed by atoms with Gasteiger partial charge in [-0.25, -0.2) is 4.79 Å². The van der Waals surface area contributed by atoms with Crippen LogP contribution in [0.5, 0.6) is 0 Å². The van der Waals surface area contributed by atoms with Gasteiger partial charge < -0.3 is 24.4 Å². The second-order valence-electron chi connectivity index (χ2n) is 8.80. The van der Waals surface area contributed by atoms with Crippen LogP contribution in [0.2, 0.25) is 0 Å². The lowest BCUT2D eigenvalue weighted by atomic mass is 9.84. The van der Waals surface area contributed by atoms with Crippen molar-refractivity contribution in [1.82, 2.24) is 4.90 Å². The number of carbonyl (C=O) groups is 2. The molecule has 0 saturated carbocycles. The fourth-order valence-electron chi connectivity index (χ4n) is 4.00. The van der Waals surface area contributed by atoms with E-state index in [1.54, 1.807) is 0 Å². The molecule has 0 radical (unpaired) electrons. The molecule has 1 aliphatic rings. The van der Waals surface area contributed by atoms with Crippen LogP contribution in [-0.4, -0.2) is 66.1 Å². The van der Waals surface area contributed by atoms with Crippen LogP contribution in [0, 0.1) is 0 Å². The van der Waals surface area contributed by atoms with Crippen molar-refractivity contribution in [2.75, 3.05) is 31.6 Å². The summed E-state index contributed by atoms with van der Waals surface area (Å²) < 4.78 is 10.6. The molecule has 1 atom stereocenters. The second-order valence-corrected chi connectivity index (χ2v) is 8.80. The molecule has 1 N–H and O–H groups in total. The molecule has 0 aromatic heterocycles. The average Bonchev–Trinajstić information content (AvgIpc) is 2.72. The Bertz CT molecular complexity index is 693. The number of aliphatic hydroxyl groups excluding tert-OH is 1. The minimum absolute atomic E-state index is 0.223. The predicted octanol–water partition coefficient (Wildman–Crippen LogP) is 2.96. The molecule has 0 spiro atoms. The number of likely N-dealkylation sites (tertiary alicyclic amines) is 1. The van der Waals surface area contributed by atoms with E-state index in [0.717, 1.165) is 5.69 Å². The molecule has 1 aliphatic heterocycles. The zero-order valence-electron chi connectivity index (χ0n) is 18.9. The number of nitrogens with zero attached hydrogens (tertiary/aromatic N) is 2. The summed E-state index contributed by atoms with van der Waals surface area (Å²) in [6, 6.07) is 9.50. The highest BCUT2D eigenvalue weighted by Gasteiger charge is 2.49. The van der Waals surface area contributed by atoms with Gasteiger partial charge in [0.15, 0.2) is 0 Å². The second kappa shape index (κ2) is 10.3. The zero-order chi connectivity index (χ0) is 22.4. The van der Waals surface area contributed by atoms with Gasteiger partial charge in [-0.2, -0.15) is 0 Å². The highest BCUT2D eigenvalue weighted by atomic mass is 16.6. The van der Waals surface area contributed by atoms with E-state index < -0.39 is 17.4 Å². The quantitative estimate of drug-likeness (QED) is 0.512. The standard InChI is InChI=1S/C23H36N2O5/c1-6-19(26)25(18-10-8-7-9-11-18)23(21(28)29-5)13-16-24(17-14-23)15-12-20(27)30-22(2,3)4/h7-11,19,26H,6,12-17H2,1-5H3. The lowest BCUT2D eigenvalue weighted by Crippen LogP contribution is -2.63. The van der Waals surface area contributed by atoms with Crippen LogP contribution in [0.4, 0.5) is 5.69 Å². The van der Waals surface area contributed by atoms with Gasteiger partial charge in [0.1, 0.15) is 17.4 Å². The summed E-state index contributed by atoms with van der Waals surface area (Å²) in [6.07, 6.45) is 0.984. The van der Waals surface area contributed by atoms with Crippen molar-refractivity contribution in [3.8, 4) is 0 Å². The molecule has 30 heavy (non-hydrogen) atoms. The molecule has 1 unspecified atom stereocenters. The highest BCUT2D eigenvalue weighted by molar-refractivity contribution is 5.85. The number of hydrogen-bond donors (Lipinski definition) is 1. The Hall–Kier alpha value is -2.12. The summed E-state index contributed by atoms with van der Waals surface area (Å²) >= 11 is 0. The first-order valence-corrected chi connectivity index (χ1v) is 10.7. The molecule has 2 rings (SSSR count). The van der Waals surface area contributed by atoms with Crippen LogP contribution >= 0.6 is 0 Å². The smallest absolute Gasteiger partial charge is 0.331 e. The molecule has 7 nitrogen and oxygen atoms in total. The number of anilines is 1. The minimum atomic E-state index is -0.950. The number of ether oxygens (including phenoxy) is 2. The third-order valence-electron chi connectivity index (χ3n) is 5.46. The van der Waals surface area contributed by atoms with Crippen LogP contribution in [0.25, 0.3) is 0 Å².